The molecule has 4 aromatic carbocycles. The average Bonchev–Trinajstić information content (AvgIpc) is 3.71. The number of benzene rings is 4. The number of methoxy groups -OCH3 is 1. The van der Waals surface area contributed by atoms with Crippen molar-refractivity contribution in [3.8, 4) is 28.0 Å². The van der Waals surface area contributed by atoms with Gasteiger partial charge in [0, 0.05) is 0 Å². The number of rotatable bonds is 8. The minimum atomic E-state index is -4.96. The Hall–Kier alpha value is -2.16. The van der Waals surface area contributed by atoms with Crippen molar-refractivity contribution in [1.82, 2.24) is 0 Å². The van der Waals surface area contributed by atoms with Crippen LogP contribution in [0.4, 0.5) is 0 Å². The van der Waals surface area contributed by atoms with E-state index >= 15 is 0 Å². The second-order valence-corrected chi connectivity index (χ2v) is 62.7. The molecular formula is C50H65Cl2OSiZr. The van der Waals surface area contributed by atoms with E-state index < -0.39 is 21.5 Å². The maximum atomic E-state index is 8.83. The fourth-order valence-corrected chi connectivity index (χ4v) is 41.2. The van der Waals surface area contributed by atoms with Crippen molar-refractivity contribution in [1.29, 1.82) is 0 Å². The molecule has 0 heterocycles. The fraction of sp³-hybridized carbons (Fsp3) is 0.440. The number of ether oxygens (including phenoxy) is 1. The Morgan fingerprint density at radius 3 is 1.60 bits per heavy atom. The summed E-state index contributed by atoms with van der Waals surface area (Å²) in [7, 11) is 19.5. The third kappa shape index (κ3) is 7.19. The van der Waals surface area contributed by atoms with E-state index in [1.54, 1.807) is 0 Å². The van der Waals surface area contributed by atoms with E-state index in [0.717, 1.165) is 12.2 Å². The molecule has 2 aliphatic carbocycles. The fourth-order valence-electron chi connectivity index (χ4n) is 9.57. The summed E-state index contributed by atoms with van der Waals surface area (Å²) < 4.78 is 6.28. The topological polar surface area (TPSA) is 9.23 Å². The van der Waals surface area contributed by atoms with Crippen molar-refractivity contribution >= 4 is 35.1 Å². The van der Waals surface area contributed by atoms with Crippen LogP contribution in [0.3, 0.4) is 0 Å². The monoisotopic (exact) mass is 869 g/mol. The second-order valence-electron chi connectivity index (χ2n) is 20.2. The van der Waals surface area contributed by atoms with Crippen molar-refractivity contribution in [3.05, 3.63) is 123 Å². The van der Waals surface area contributed by atoms with Gasteiger partial charge < -0.3 is 0 Å². The first-order chi connectivity index (χ1) is 25.4. The summed E-state index contributed by atoms with van der Waals surface area (Å²) in [5, 5.41) is 0. The van der Waals surface area contributed by atoms with E-state index in [4.69, 9.17) is 21.8 Å². The quantitative estimate of drug-likeness (QED) is 0.160. The molecular weight excluding hydrogens is 807 g/mol. The number of halogens is 2. The number of hydrogen-bond donors (Lipinski definition) is 0. The van der Waals surface area contributed by atoms with Crippen LogP contribution < -0.4 is 4.74 Å². The molecule has 4 aromatic rings. The molecule has 5 heteroatoms. The molecule has 0 spiro atoms. The van der Waals surface area contributed by atoms with Crippen molar-refractivity contribution in [2.45, 2.75) is 126 Å². The maximum absolute atomic E-state index is 8.83. The molecule has 2 unspecified atom stereocenters. The third-order valence-electron chi connectivity index (χ3n) is 12.8. The van der Waals surface area contributed by atoms with E-state index in [0.29, 0.717) is 5.92 Å². The van der Waals surface area contributed by atoms with Crippen molar-refractivity contribution < 1.29 is 20.3 Å². The predicted molar refractivity (Wildman–Crippen MR) is 244 cm³/mol. The molecule has 55 heavy (non-hydrogen) atoms. The summed E-state index contributed by atoms with van der Waals surface area (Å²) in [6.45, 7) is 32.5. The first-order valence-electron chi connectivity index (χ1n) is 20.5. The SMILES string of the molecule is CCC1=Cc2c(-c3cc(C(C)(C)C)c(OC)c(C(C)(C)C)c3)cccc2[CH]1[Zr]([Cl])([Cl])([CH]1C(C(C)C)=Cc2c(-c3ccc(C(C)(C)C)cc3)cccc21)[SiH](C)C. The first kappa shape index (κ1) is 42.4. The standard InChI is InChI=1S/C26H33O.C22H25.C2H7Si.2ClH.Zr/c1-9-17-13-18-11-10-12-20(21(18)14-17)19-15-22(25(2,3)4)24(27-8)23(16-19)26(5,6)7;1-15(2)18-13-17-7-6-8-20(21(17)14-18)16-9-11-19(12-10-16)22(3,4)5;1-3-2;;;/h10-16H,9H2,1-8H3;6-15H,1-5H3;3H,1-2H3;2*1H;/q;;;;;+2/p-2. The van der Waals surface area contributed by atoms with Crippen LogP contribution in [0.1, 0.15) is 136 Å². The molecule has 0 bridgehead atoms. The van der Waals surface area contributed by atoms with E-state index in [1.165, 1.54) is 72.3 Å². The minimum absolute atomic E-state index is 0.0478. The number of hydrogen-bond acceptors (Lipinski definition) is 1. The molecule has 0 N–H and O–H groups in total. The molecule has 293 valence electrons. The molecule has 0 fully saturated rings. The Balaban J connectivity index is 1.59. The summed E-state index contributed by atoms with van der Waals surface area (Å²) in [5.74, 6) is -0.391. The Morgan fingerprint density at radius 1 is 0.673 bits per heavy atom. The summed E-state index contributed by atoms with van der Waals surface area (Å²) in [6, 6.07) is 27.8. The molecule has 0 radical (unpaired) electrons. The van der Waals surface area contributed by atoms with Gasteiger partial charge in [-0.25, -0.2) is 0 Å². The normalized spacial score (nSPS) is 18.2. The third-order valence-corrected chi connectivity index (χ3v) is 64.6. The van der Waals surface area contributed by atoms with Crippen LogP contribution in [-0.2, 0) is 31.8 Å². The van der Waals surface area contributed by atoms with Crippen molar-refractivity contribution in [3.63, 3.8) is 0 Å². The van der Waals surface area contributed by atoms with E-state index in [-0.39, 0.29) is 23.5 Å². The Morgan fingerprint density at radius 2 is 1.16 bits per heavy atom. The predicted octanol–water partition coefficient (Wildman–Crippen LogP) is 15.5. The van der Waals surface area contributed by atoms with Gasteiger partial charge in [0.2, 0.25) is 0 Å². The van der Waals surface area contributed by atoms with Crippen LogP contribution in [0, 0.1) is 5.92 Å². The molecule has 0 saturated carbocycles. The first-order valence-corrected chi connectivity index (χ1v) is 36.9. The van der Waals surface area contributed by atoms with Crippen LogP contribution in [0.5, 0.6) is 5.75 Å². The Kier molecular flexibility index (Phi) is 11.3. The van der Waals surface area contributed by atoms with Crippen LogP contribution in [0.2, 0.25) is 13.1 Å². The number of allylic oxidation sites excluding steroid dienone is 2. The zero-order valence-electron chi connectivity index (χ0n) is 36.3. The van der Waals surface area contributed by atoms with Gasteiger partial charge in [-0.05, 0) is 0 Å². The summed E-state index contributed by atoms with van der Waals surface area (Å²) in [4.78, 5) is 0. The molecule has 2 atom stereocenters. The van der Waals surface area contributed by atoms with Crippen LogP contribution in [-0.4, -0.2) is 13.0 Å². The summed E-state index contributed by atoms with van der Waals surface area (Å²) >= 11 is -4.96. The van der Waals surface area contributed by atoms with Gasteiger partial charge in [-0.1, -0.05) is 0 Å². The van der Waals surface area contributed by atoms with Crippen LogP contribution in [0.25, 0.3) is 34.4 Å². The second kappa shape index (κ2) is 14.6. The summed E-state index contributed by atoms with van der Waals surface area (Å²) in [6.07, 6.45) is 5.91. The average molecular weight is 872 g/mol. The van der Waals surface area contributed by atoms with Gasteiger partial charge in [0.15, 0.2) is 0 Å². The van der Waals surface area contributed by atoms with Gasteiger partial charge in [-0.2, -0.15) is 0 Å². The van der Waals surface area contributed by atoms with Gasteiger partial charge in [0.25, 0.3) is 0 Å². The van der Waals surface area contributed by atoms with Crippen molar-refractivity contribution in [2.24, 2.45) is 5.92 Å². The molecule has 2 aliphatic rings. The zero-order valence-corrected chi connectivity index (χ0v) is 41.4. The van der Waals surface area contributed by atoms with Crippen LogP contribution >= 0.6 is 17.0 Å². The van der Waals surface area contributed by atoms with Gasteiger partial charge in [-0.15, -0.1) is 0 Å². The van der Waals surface area contributed by atoms with E-state index in [9.17, 15) is 0 Å². The Bertz CT molecular complexity index is 2150. The molecule has 0 aliphatic heterocycles. The summed E-state index contributed by atoms with van der Waals surface area (Å²) in [5.41, 5.74) is 16.9. The van der Waals surface area contributed by atoms with Gasteiger partial charge in [0.1, 0.15) is 0 Å². The van der Waals surface area contributed by atoms with Gasteiger partial charge in [-0.3, -0.25) is 0 Å². The Labute approximate surface area is 342 Å². The number of fused-ring (bicyclic) bond motifs is 2. The van der Waals surface area contributed by atoms with Crippen LogP contribution in [0.15, 0.2) is 83.9 Å². The molecule has 1 nitrogen and oxygen atoms in total. The molecule has 0 amide bonds. The van der Waals surface area contributed by atoms with Crippen molar-refractivity contribution in [2.75, 3.05) is 7.11 Å². The molecule has 0 aromatic heterocycles. The van der Waals surface area contributed by atoms with E-state index in [2.05, 4.69) is 181 Å². The van der Waals surface area contributed by atoms with E-state index in [1.807, 2.05) is 7.11 Å². The molecule has 0 saturated heterocycles. The zero-order chi connectivity index (χ0) is 40.7. The van der Waals surface area contributed by atoms with Gasteiger partial charge >= 0.3 is 345 Å². The molecule has 6 rings (SSSR count). The van der Waals surface area contributed by atoms with Gasteiger partial charge in [0.05, 0.1) is 0 Å².